The van der Waals surface area contributed by atoms with Gasteiger partial charge < -0.3 is 0 Å². The zero-order valence-electron chi connectivity index (χ0n) is 14.8. The number of likely N-dealkylation sites (tertiary alicyclic amines) is 1. The van der Waals surface area contributed by atoms with Crippen molar-refractivity contribution in [1.29, 1.82) is 0 Å². The number of piperidine rings is 1. The van der Waals surface area contributed by atoms with Crippen molar-refractivity contribution in [2.75, 3.05) is 13.1 Å². The largest absolute Gasteiger partial charge is 0.297 e. The molecule has 0 atom stereocenters. The molecule has 0 bridgehead atoms. The van der Waals surface area contributed by atoms with Gasteiger partial charge in [-0.25, -0.2) is 0 Å². The van der Waals surface area contributed by atoms with E-state index in [1.165, 1.54) is 29.5 Å². The molecule has 2 nitrogen and oxygen atoms in total. The van der Waals surface area contributed by atoms with Crippen LogP contribution in [0.1, 0.15) is 30.0 Å². The van der Waals surface area contributed by atoms with Gasteiger partial charge >= 0.3 is 0 Å². The van der Waals surface area contributed by atoms with Crippen molar-refractivity contribution in [3.63, 3.8) is 0 Å². The van der Waals surface area contributed by atoms with Gasteiger partial charge in [0.05, 0.1) is 5.69 Å². The van der Waals surface area contributed by atoms with Crippen molar-refractivity contribution in [2.45, 2.75) is 25.3 Å². The molecule has 26 heavy (non-hydrogen) atoms. The first-order valence-corrected chi connectivity index (χ1v) is 9.64. The molecule has 0 radical (unpaired) electrons. The molecule has 0 N–H and O–H groups in total. The van der Waals surface area contributed by atoms with Crippen LogP contribution in [0.3, 0.4) is 0 Å². The first-order chi connectivity index (χ1) is 12.8. The van der Waals surface area contributed by atoms with Gasteiger partial charge in [-0.3, -0.25) is 9.88 Å². The predicted molar refractivity (Wildman–Crippen MR) is 108 cm³/mol. The fourth-order valence-electron chi connectivity index (χ4n) is 3.77. The Morgan fingerprint density at radius 3 is 2.35 bits per heavy atom. The van der Waals surface area contributed by atoms with E-state index in [1.807, 2.05) is 18.3 Å². The smallest absolute Gasteiger partial charge is 0.0550 e. The number of nitrogens with zero attached hydrogens (tertiary/aromatic N) is 2. The summed E-state index contributed by atoms with van der Waals surface area (Å²) in [6.07, 6.45) is 4.36. The van der Waals surface area contributed by atoms with Gasteiger partial charge in [-0.15, -0.1) is 0 Å². The SMILES string of the molecule is Clc1ccc(-c2ccnc(CN3CCC(c4ccccc4)CC3)c2)cc1. The molecular formula is C23H23ClN2. The molecule has 1 aliphatic heterocycles. The normalized spacial score (nSPS) is 15.9. The molecule has 1 aromatic heterocycles. The van der Waals surface area contributed by atoms with E-state index in [0.29, 0.717) is 5.92 Å². The van der Waals surface area contributed by atoms with Crippen LogP contribution >= 0.6 is 11.6 Å². The summed E-state index contributed by atoms with van der Waals surface area (Å²) in [5, 5.41) is 0.768. The van der Waals surface area contributed by atoms with E-state index in [4.69, 9.17) is 11.6 Å². The molecule has 3 heteroatoms. The Hall–Kier alpha value is -2.16. The second-order valence-electron chi connectivity index (χ2n) is 7.00. The van der Waals surface area contributed by atoms with E-state index in [-0.39, 0.29) is 0 Å². The molecule has 132 valence electrons. The molecule has 0 unspecified atom stereocenters. The standard InChI is InChI=1S/C23H23ClN2/c24-22-8-6-19(7-9-22)21-10-13-25-23(16-21)17-26-14-11-20(12-15-26)18-4-2-1-3-5-18/h1-10,13,16,20H,11-12,14-15,17H2. The molecule has 0 amide bonds. The summed E-state index contributed by atoms with van der Waals surface area (Å²) >= 11 is 6.00. The van der Waals surface area contributed by atoms with E-state index in [0.717, 1.165) is 30.4 Å². The number of pyridine rings is 1. The highest BCUT2D eigenvalue weighted by Gasteiger charge is 2.20. The maximum atomic E-state index is 6.00. The molecule has 0 saturated carbocycles. The fourth-order valence-corrected chi connectivity index (χ4v) is 3.89. The quantitative estimate of drug-likeness (QED) is 0.584. The highest BCUT2D eigenvalue weighted by atomic mass is 35.5. The molecule has 2 heterocycles. The zero-order chi connectivity index (χ0) is 17.8. The summed E-state index contributed by atoms with van der Waals surface area (Å²) in [4.78, 5) is 7.11. The third-order valence-electron chi connectivity index (χ3n) is 5.24. The summed E-state index contributed by atoms with van der Waals surface area (Å²) in [6, 6.07) is 23.2. The van der Waals surface area contributed by atoms with Crippen molar-refractivity contribution >= 4 is 11.6 Å². The molecule has 1 aliphatic rings. The van der Waals surface area contributed by atoms with E-state index < -0.39 is 0 Å². The third kappa shape index (κ3) is 4.14. The zero-order valence-corrected chi connectivity index (χ0v) is 15.6. The van der Waals surface area contributed by atoms with Gasteiger partial charge in [0.15, 0.2) is 0 Å². The highest BCUT2D eigenvalue weighted by molar-refractivity contribution is 6.30. The van der Waals surface area contributed by atoms with Crippen LogP contribution < -0.4 is 0 Å². The predicted octanol–water partition coefficient (Wildman–Crippen LogP) is 5.78. The second kappa shape index (κ2) is 8.03. The Bertz CT molecular complexity index is 838. The van der Waals surface area contributed by atoms with Crippen LogP contribution in [0, 0.1) is 0 Å². The van der Waals surface area contributed by atoms with Gasteiger partial charge in [0.1, 0.15) is 0 Å². The Morgan fingerprint density at radius 1 is 0.885 bits per heavy atom. The van der Waals surface area contributed by atoms with Gasteiger partial charge in [-0.2, -0.15) is 0 Å². The third-order valence-corrected chi connectivity index (χ3v) is 5.49. The lowest BCUT2D eigenvalue weighted by molar-refractivity contribution is 0.202. The molecule has 1 fully saturated rings. The van der Waals surface area contributed by atoms with Gasteiger partial charge in [0.2, 0.25) is 0 Å². The van der Waals surface area contributed by atoms with Crippen molar-refractivity contribution in [3.05, 3.63) is 89.2 Å². The lowest BCUT2D eigenvalue weighted by Crippen LogP contribution is -2.32. The fraction of sp³-hybridized carbons (Fsp3) is 0.261. The maximum Gasteiger partial charge on any atom is 0.0550 e. The van der Waals surface area contributed by atoms with E-state index in [1.54, 1.807) is 0 Å². The van der Waals surface area contributed by atoms with Crippen LogP contribution in [0.15, 0.2) is 72.9 Å². The number of hydrogen-bond acceptors (Lipinski definition) is 2. The van der Waals surface area contributed by atoms with Crippen LogP contribution in [0.5, 0.6) is 0 Å². The van der Waals surface area contributed by atoms with Gasteiger partial charge in [-0.1, -0.05) is 54.1 Å². The maximum absolute atomic E-state index is 6.00. The average molecular weight is 363 g/mol. The highest BCUT2D eigenvalue weighted by Crippen LogP contribution is 2.28. The van der Waals surface area contributed by atoms with Gasteiger partial charge in [-0.05, 0) is 72.8 Å². The average Bonchev–Trinajstić information content (AvgIpc) is 2.70. The summed E-state index contributed by atoms with van der Waals surface area (Å²) in [6.45, 7) is 3.18. The molecule has 2 aromatic carbocycles. The minimum atomic E-state index is 0.695. The van der Waals surface area contributed by atoms with Crippen molar-refractivity contribution in [2.24, 2.45) is 0 Å². The number of benzene rings is 2. The molecule has 1 saturated heterocycles. The second-order valence-corrected chi connectivity index (χ2v) is 7.44. The Kier molecular flexibility index (Phi) is 5.33. The van der Waals surface area contributed by atoms with Gasteiger partial charge in [0, 0.05) is 17.8 Å². The van der Waals surface area contributed by atoms with Gasteiger partial charge in [0.25, 0.3) is 0 Å². The number of aromatic nitrogens is 1. The molecular weight excluding hydrogens is 340 g/mol. The van der Waals surface area contributed by atoms with Crippen molar-refractivity contribution in [3.8, 4) is 11.1 Å². The number of rotatable bonds is 4. The Balaban J connectivity index is 1.39. The summed E-state index contributed by atoms with van der Waals surface area (Å²) in [5.41, 5.74) is 5.00. The summed E-state index contributed by atoms with van der Waals surface area (Å²) in [5.74, 6) is 0.695. The van der Waals surface area contributed by atoms with E-state index >= 15 is 0 Å². The molecule has 0 spiro atoms. The first kappa shape index (κ1) is 17.3. The molecule has 3 aromatic rings. The lowest BCUT2D eigenvalue weighted by Gasteiger charge is -2.32. The minimum absolute atomic E-state index is 0.695. The van der Waals surface area contributed by atoms with E-state index in [9.17, 15) is 0 Å². The van der Waals surface area contributed by atoms with Crippen molar-refractivity contribution in [1.82, 2.24) is 9.88 Å². The number of hydrogen-bond donors (Lipinski definition) is 0. The van der Waals surface area contributed by atoms with Crippen LogP contribution in [0.25, 0.3) is 11.1 Å². The summed E-state index contributed by atoms with van der Waals surface area (Å²) in [7, 11) is 0. The minimum Gasteiger partial charge on any atom is -0.297 e. The first-order valence-electron chi connectivity index (χ1n) is 9.26. The Labute approximate surface area is 160 Å². The van der Waals surface area contributed by atoms with Crippen LogP contribution in [0.2, 0.25) is 5.02 Å². The summed E-state index contributed by atoms with van der Waals surface area (Å²) < 4.78 is 0. The molecule has 0 aliphatic carbocycles. The lowest BCUT2D eigenvalue weighted by atomic mass is 9.89. The topological polar surface area (TPSA) is 16.1 Å². The molecule has 4 rings (SSSR count). The monoisotopic (exact) mass is 362 g/mol. The van der Waals surface area contributed by atoms with E-state index in [2.05, 4.69) is 64.5 Å². The van der Waals surface area contributed by atoms with Crippen LogP contribution in [-0.4, -0.2) is 23.0 Å². The number of halogens is 1. The van der Waals surface area contributed by atoms with Crippen LogP contribution in [-0.2, 0) is 6.54 Å². The van der Waals surface area contributed by atoms with Crippen molar-refractivity contribution < 1.29 is 0 Å². The van der Waals surface area contributed by atoms with Crippen LogP contribution in [0.4, 0.5) is 0 Å². The Morgan fingerprint density at radius 2 is 1.62 bits per heavy atom.